The monoisotopic (exact) mass is 374 g/mol. The van der Waals surface area contributed by atoms with E-state index in [1.54, 1.807) is 36.4 Å². The van der Waals surface area contributed by atoms with E-state index in [1.807, 2.05) is 6.07 Å². The van der Waals surface area contributed by atoms with Crippen LogP contribution in [0.4, 0.5) is 0 Å². The summed E-state index contributed by atoms with van der Waals surface area (Å²) in [4.78, 5) is 12.6. The molecule has 4 fully saturated rings. The minimum atomic E-state index is -0.816. The van der Waals surface area contributed by atoms with Crippen LogP contribution in [0.25, 0.3) is 0 Å². The van der Waals surface area contributed by atoms with Crippen LogP contribution in [-0.2, 0) is 28.4 Å². The summed E-state index contributed by atoms with van der Waals surface area (Å²) < 4.78 is 34.9. The van der Waals surface area contributed by atoms with Crippen molar-refractivity contribution in [3.8, 4) is 0 Å². The van der Waals surface area contributed by atoms with Gasteiger partial charge >= 0.3 is 5.97 Å². The van der Waals surface area contributed by atoms with E-state index in [0.29, 0.717) is 18.8 Å². The van der Waals surface area contributed by atoms with E-state index in [9.17, 15) is 4.79 Å². The first kappa shape index (κ1) is 18.3. The molecular weight excluding hydrogens is 352 g/mol. The second kappa shape index (κ2) is 7.92. The van der Waals surface area contributed by atoms with E-state index in [2.05, 4.69) is 13.2 Å². The minimum Gasteiger partial charge on any atom is -0.453 e. The molecule has 0 N–H and O–H groups in total. The van der Waals surface area contributed by atoms with Gasteiger partial charge in [0.2, 0.25) is 0 Å². The van der Waals surface area contributed by atoms with E-state index < -0.39 is 43.0 Å². The van der Waals surface area contributed by atoms with Gasteiger partial charge in [0.25, 0.3) is 6.48 Å². The maximum absolute atomic E-state index is 12.6. The van der Waals surface area contributed by atoms with E-state index in [0.717, 1.165) is 0 Å². The number of rotatable bonds is 8. The molecule has 7 heteroatoms. The third-order valence-electron chi connectivity index (χ3n) is 4.81. The van der Waals surface area contributed by atoms with Gasteiger partial charge in [0.1, 0.15) is 30.5 Å². The molecule has 0 aromatic heterocycles. The lowest BCUT2D eigenvalue weighted by atomic mass is 9.82. The molecule has 3 aliphatic heterocycles. The molecule has 1 aliphatic carbocycles. The summed E-state index contributed by atoms with van der Waals surface area (Å²) in [7, 11) is 0. The summed E-state index contributed by atoms with van der Waals surface area (Å²) in [5.74, 6) is -0.453. The molecule has 0 amide bonds. The Labute approximate surface area is 157 Å². The Hall–Kier alpha value is -2.03. The van der Waals surface area contributed by atoms with Crippen molar-refractivity contribution in [2.24, 2.45) is 0 Å². The maximum atomic E-state index is 12.6. The molecule has 3 saturated heterocycles. The molecular formula is C20H22O7. The van der Waals surface area contributed by atoms with Crippen molar-refractivity contribution in [3.63, 3.8) is 0 Å². The van der Waals surface area contributed by atoms with Gasteiger partial charge in [-0.15, -0.1) is 13.2 Å². The highest BCUT2D eigenvalue weighted by atomic mass is 16.9. The second-order valence-corrected chi connectivity index (χ2v) is 6.50. The van der Waals surface area contributed by atoms with Gasteiger partial charge in [0, 0.05) is 0 Å². The van der Waals surface area contributed by atoms with Crippen LogP contribution < -0.4 is 0 Å². The normalized spacial score (nSPS) is 36.4. The van der Waals surface area contributed by atoms with Crippen LogP contribution in [0.15, 0.2) is 55.6 Å². The summed E-state index contributed by atoms with van der Waals surface area (Å²) in [6, 6.07) is 8.78. The van der Waals surface area contributed by atoms with Crippen molar-refractivity contribution in [1.29, 1.82) is 0 Å². The number of carbonyl (C=O) groups is 1. The summed E-state index contributed by atoms with van der Waals surface area (Å²) in [6.07, 6.45) is 0.258. The lowest BCUT2D eigenvalue weighted by Crippen LogP contribution is -2.76. The van der Waals surface area contributed by atoms with Crippen molar-refractivity contribution >= 4 is 5.97 Å². The largest absolute Gasteiger partial charge is 0.453 e. The molecule has 7 atom stereocenters. The van der Waals surface area contributed by atoms with Gasteiger partial charge in [-0.3, -0.25) is 0 Å². The highest BCUT2D eigenvalue weighted by Gasteiger charge is 2.64. The van der Waals surface area contributed by atoms with Crippen LogP contribution in [0, 0.1) is 0 Å². The Bertz CT molecular complexity index is 661. The summed E-state index contributed by atoms with van der Waals surface area (Å²) >= 11 is 0. The number of hydrogen-bond donors (Lipinski definition) is 0. The predicted molar refractivity (Wildman–Crippen MR) is 93.9 cm³/mol. The van der Waals surface area contributed by atoms with Crippen LogP contribution in [0.2, 0.25) is 0 Å². The van der Waals surface area contributed by atoms with Gasteiger partial charge < -0.3 is 28.4 Å². The molecule has 27 heavy (non-hydrogen) atoms. The van der Waals surface area contributed by atoms with E-state index in [1.165, 1.54) is 0 Å². The zero-order chi connectivity index (χ0) is 18.8. The van der Waals surface area contributed by atoms with Crippen molar-refractivity contribution in [1.82, 2.24) is 0 Å². The number of ether oxygens (including phenoxy) is 6. The number of hydrogen-bond acceptors (Lipinski definition) is 7. The lowest BCUT2D eigenvalue weighted by Gasteiger charge is -2.58. The highest BCUT2D eigenvalue weighted by molar-refractivity contribution is 5.89. The Morgan fingerprint density at radius 2 is 1.41 bits per heavy atom. The van der Waals surface area contributed by atoms with E-state index in [-0.39, 0.29) is 6.10 Å². The average Bonchev–Trinajstić information content (AvgIpc) is 2.70. The molecule has 1 aromatic carbocycles. The quantitative estimate of drug-likeness (QED) is 0.508. The van der Waals surface area contributed by atoms with Crippen LogP contribution in [-0.4, -0.2) is 62.3 Å². The van der Waals surface area contributed by atoms with Gasteiger partial charge in [0.15, 0.2) is 6.10 Å². The SMILES string of the molecule is C=CCO[C@@H]1C2OC3O[C@@H]1C(OC(=O)c1ccccc1)[C@H](O3)[C@H]2OCC=C. The first-order valence-corrected chi connectivity index (χ1v) is 8.90. The Morgan fingerprint density at radius 1 is 0.889 bits per heavy atom. The topological polar surface area (TPSA) is 72.5 Å². The van der Waals surface area contributed by atoms with E-state index >= 15 is 0 Å². The zero-order valence-corrected chi connectivity index (χ0v) is 14.8. The fourth-order valence-electron chi connectivity index (χ4n) is 3.71. The maximum Gasteiger partial charge on any atom is 0.338 e. The number of benzene rings is 1. The molecule has 3 heterocycles. The third-order valence-corrected chi connectivity index (χ3v) is 4.81. The average molecular weight is 374 g/mol. The smallest absolute Gasteiger partial charge is 0.338 e. The molecule has 144 valence electrons. The fraction of sp³-hybridized carbons (Fsp3) is 0.450. The van der Waals surface area contributed by atoms with Crippen LogP contribution in [0.3, 0.4) is 0 Å². The number of esters is 1. The fourth-order valence-corrected chi connectivity index (χ4v) is 3.71. The van der Waals surface area contributed by atoms with Crippen molar-refractivity contribution in [2.45, 2.75) is 43.1 Å². The first-order valence-electron chi connectivity index (χ1n) is 8.90. The van der Waals surface area contributed by atoms with Crippen LogP contribution in [0.1, 0.15) is 10.4 Å². The van der Waals surface area contributed by atoms with Gasteiger partial charge in [0.05, 0.1) is 18.8 Å². The van der Waals surface area contributed by atoms with Crippen molar-refractivity contribution in [3.05, 3.63) is 61.2 Å². The van der Waals surface area contributed by atoms with Gasteiger partial charge in [-0.2, -0.15) is 0 Å². The van der Waals surface area contributed by atoms with Gasteiger partial charge in [-0.25, -0.2) is 4.79 Å². The Balaban J connectivity index is 1.58. The minimum absolute atomic E-state index is 0.314. The van der Waals surface area contributed by atoms with Gasteiger partial charge in [-0.1, -0.05) is 30.4 Å². The summed E-state index contributed by atoms with van der Waals surface area (Å²) in [6.45, 7) is 7.17. The summed E-state index contributed by atoms with van der Waals surface area (Å²) in [5, 5.41) is 0. The van der Waals surface area contributed by atoms with Crippen molar-refractivity contribution in [2.75, 3.05) is 13.2 Å². The molecule has 1 saturated carbocycles. The molecule has 0 radical (unpaired) electrons. The molecule has 7 nitrogen and oxygen atoms in total. The van der Waals surface area contributed by atoms with Crippen LogP contribution in [0.5, 0.6) is 0 Å². The predicted octanol–water partition coefficient (Wildman–Crippen LogP) is 1.83. The number of carbonyl (C=O) groups excluding carboxylic acids is 1. The van der Waals surface area contributed by atoms with Crippen LogP contribution >= 0.6 is 0 Å². The van der Waals surface area contributed by atoms with Gasteiger partial charge in [-0.05, 0) is 12.1 Å². The molecule has 1 aromatic rings. The Kier molecular flexibility index (Phi) is 5.38. The molecule has 0 spiro atoms. The van der Waals surface area contributed by atoms with Crippen molar-refractivity contribution < 1.29 is 33.2 Å². The molecule has 4 aliphatic rings. The molecule has 4 bridgehead atoms. The lowest BCUT2D eigenvalue weighted by molar-refractivity contribution is -0.484. The Morgan fingerprint density at radius 3 is 1.93 bits per heavy atom. The zero-order valence-electron chi connectivity index (χ0n) is 14.8. The van der Waals surface area contributed by atoms with E-state index in [4.69, 9.17) is 28.4 Å². The molecule has 3 unspecified atom stereocenters. The summed E-state index contributed by atoms with van der Waals surface area (Å²) in [5.41, 5.74) is 0.453. The highest BCUT2D eigenvalue weighted by Crippen LogP contribution is 2.43. The molecule has 5 rings (SSSR count). The third kappa shape index (κ3) is 3.44. The standard InChI is InChI=1S/C20H22O7/c1-3-10-22-13-15-14(23-11-4-2)17-18(16(13)26-20(25-15)27-17)24-19(21)12-8-6-5-7-9-12/h3-9,13-18,20H,1-2,10-11H2/t13-,14+,15?,16+,17-,18?,20?. The second-order valence-electron chi connectivity index (χ2n) is 6.50. The first-order chi connectivity index (χ1) is 13.2.